The molecule has 0 atom stereocenters. The quantitative estimate of drug-likeness (QED) is 0.264. The van der Waals surface area contributed by atoms with E-state index in [9.17, 15) is 9.18 Å². The van der Waals surface area contributed by atoms with Gasteiger partial charge in [0.25, 0.3) is 5.91 Å². The first kappa shape index (κ1) is 23.9. The Morgan fingerprint density at radius 1 is 0.967 bits per heavy atom. The van der Waals surface area contributed by atoms with Crippen LogP contribution < -0.4 is 15.5 Å². The van der Waals surface area contributed by atoms with Crippen LogP contribution in [0.15, 0.2) is 59.6 Å². The van der Waals surface area contributed by atoms with Gasteiger partial charge in [-0.2, -0.15) is 0 Å². The number of para-hydroxylation sites is 1. The van der Waals surface area contributed by atoms with Crippen LogP contribution in [0.1, 0.15) is 16.8 Å². The maximum absolute atomic E-state index is 14.0. The molecule has 8 heteroatoms. The summed E-state index contributed by atoms with van der Waals surface area (Å²) in [5, 5.41) is 6.28. The number of hydrogen-bond acceptors (Lipinski definition) is 3. The van der Waals surface area contributed by atoms with Gasteiger partial charge in [0.15, 0.2) is 5.96 Å². The van der Waals surface area contributed by atoms with Gasteiger partial charge in [-0.05, 0) is 30.7 Å². The Hall–Kier alpha value is -2.36. The van der Waals surface area contributed by atoms with Crippen molar-refractivity contribution in [2.45, 2.75) is 6.42 Å². The van der Waals surface area contributed by atoms with E-state index in [0.717, 1.165) is 45.1 Å². The number of piperazine rings is 1. The summed E-state index contributed by atoms with van der Waals surface area (Å²) in [6.45, 7) is 4.36. The normalized spacial score (nSPS) is 14.1. The van der Waals surface area contributed by atoms with Crippen LogP contribution in [0.2, 0.25) is 0 Å². The van der Waals surface area contributed by atoms with Crippen molar-refractivity contribution in [3.05, 3.63) is 66.0 Å². The molecule has 2 aromatic carbocycles. The predicted octanol–water partition coefficient (Wildman–Crippen LogP) is 2.96. The zero-order chi connectivity index (χ0) is 20.5. The first-order valence-corrected chi connectivity index (χ1v) is 9.97. The summed E-state index contributed by atoms with van der Waals surface area (Å²) in [5.74, 6) is 0.604. The number of benzene rings is 2. The van der Waals surface area contributed by atoms with E-state index in [1.54, 1.807) is 25.2 Å². The molecule has 6 nitrogen and oxygen atoms in total. The third kappa shape index (κ3) is 6.58. The van der Waals surface area contributed by atoms with Crippen molar-refractivity contribution in [2.24, 2.45) is 4.99 Å². The van der Waals surface area contributed by atoms with E-state index in [1.807, 2.05) is 30.3 Å². The molecule has 1 saturated heterocycles. The topological polar surface area (TPSA) is 60.0 Å². The minimum atomic E-state index is -0.180. The molecule has 2 N–H and O–H groups in total. The van der Waals surface area contributed by atoms with Crippen molar-refractivity contribution in [1.29, 1.82) is 0 Å². The van der Waals surface area contributed by atoms with Gasteiger partial charge in [-0.15, -0.1) is 24.0 Å². The van der Waals surface area contributed by atoms with Gasteiger partial charge in [0.05, 0.1) is 5.69 Å². The maximum Gasteiger partial charge on any atom is 0.251 e. The van der Waals surface area contributed by atoms with Crippen LogP contribution in [0, 0.1) is 5.82 Å². The molecule has 0 unspecified atom stereocenters. The van der Waals surface area contributed by atoms with Crippen LogP contribution in [-0.2, 0) is 0 Å². The number of anilines is 1. The Balaban J connectivity index is 0.00000320. The number of halogens is 2. The van der Waals surface area contributed by atoms with Crippen LogP contribution in [0.4, 0.5) is 10.1 Å². The van der Waals surface area contributed by atoms with E-state index < -0.39 is 0 Å². The summed E-state index contributed by atoms with van der Waals surface area (Å²) < 4.78 is 14.0. The Kier molecular flexibility index (Phi) is 9.85. The third-order valence-electron chi connectivity index (χ3n) is 4.94. The highest BCUT2D eigenvalue weighted by Gasteiger charge is 2.21. The molecule has 30 heavy (non-hydrogen) atoms. The number of nitrogens with zero attached hydrogens (tertiary/aromatic N) is 3. The number of amides is 1. The maximum atomic E-state index is 14.0. The van der Waals surface area contributed by atoms with Crippen molar-refractivity contribution in [1.82, 2.24) is 15.5 Å². The highest BCUT2D eigenvalue weighted by Crippen LogP contribution is 2.20. The standard InChI is InChI=1S/C22H28FN5O.HI/c1-24-22(26-13-7-12-25-21(29)18-8-3-2-4-9-18)28-16-14-27(15-17-28)20-11-6-5-10-19(20)23;/h2-6,8-11H,7,12-17H2,1H3,(H,24,26)(H,25,29);1H. The lowest BCUT2D eigenvalue weighted by atomic mass is 10.2. The molecule has 162 valence electrons. The molecule has 0 aliphatic carbocycles. The lowest BCUT2D eigenvalue weighted by molar-refractivity contribution is 0.0953. The van der Waals surface area contributed by atoms with Crippen molar-refractivity contribution in [3.63, 3.8) is 0 Å². The number of nitrogens with one attached hydrogen (secondary N) is 2. The lowest BCUT2D eigenvalue weighted by Gasteiger charge is -2.37. The SMILES string of the molecule is CN=C(NCCCNC(=O)c1ccccc1)N1CCN(c2ccccc2F)CC1.I. The predicted molar refractivity (Wildman–Crippen MR) is 130 cm³/mol. The van der Waals surface area contributed by atoms with Crippen molar-refractivity contribution >= 4 is 41.5 Å². The number of carbonyl (C=O) groups excluding carboxylic acids is 1. The van der Waals surface area contributed by atoms with Gasteiger partial charge in [-0.25, -0.2) is 4.39 Å². The zero-order valence-corrected chi connectivity index (χ0v) is 19.5. The van der Waals surface area contributed by atoms with E-state index in [1.165, 1.54) is 6.07 Å². The molecule has 1 aliphatic rings. The first-order chi connectivity index (χ1) is 14.2. The Bertz CT molecular complexity index is 825. The molecule has 1 aliphatic heterocycles. The summed E-state index contributed by atoms with van der Waals surface area (Å²) in [5.41, 5.74) is 1.33. The second kappa shape index (κ2) is 12.4. The van der Waals surface area contributed by atoms with E-state index in [4.69, 9.17) is 0 Å². The molecule has 0 radical (unpaired) electrons. The number of carbonyl (C=O) groups is 1. The smallest absolute Gasteiger partial charge is 0.251 e. The third-order valence-corrected chi connectivity index (χ3v) is 4.94. The summed E-state index contributed by atoms with van der Waals surface area (Å²) in [7, 11) is 1.77. The molecule has 0 spiro atoms. The van der Waals surface area contributed by atoms with E-state index in [0.29, 0.717) is 17.8 Å². The number of rotatable bonds is 6. The molecule has 1 fully saturated rings. The van der Waals surface area contributed by atoms with Crippen molar-refractivity contribution in [2.75, 3.05) is 51.2 Å². The van der Waals surface area contributed by atoms with Gasteiger partial charge in [0, 0.05) is 51.9 Å². The molecule has 0 aromatic heterocycles. The minimum Gasteiger partial charge on any atom is -0.366 e. The van der Waals surface area contributed by atoms with Gasteiger partial charge in [-0.1, -0.05) is 30.3 Å². The molecule has 1 amide bonds. The van der Waals surface area contributed by atoms with Crippen LogP contribution in [0.5, 0.6) is 0 Å². The monoisotopic (exact) mass is 525 g/mol. The Morgan fingerprint density at radius 3 is 2.27 bits per heavy atom. The van der Waals surface area contributed by atoms with Crippen LogP contribution >= 0.6 is 24.0 Å². The van der Waals surface area contributed by atoms with Gasteiger partial charge >= 0.3 is 0 Å². The highest BCUT2D eigenvalue weighted by molar-refractivity contribution is 14.0. The molecule has 0 saturated carbocycles. The molecular weight excluding hydrogens is 496 g/mol. The van der Waals surface area contributed by atoms with Gasteiger partial charge in [0.1, 0.15) is 5.82 Å². The summed E-state index contributed by atoms with van der Waals surface area (Å²) in [6.07, 6.45) is 0.798. The number of aliphatic imine (C=N–C) groups is 1. The summed E-state index contributed by atoms with van der Waals surface area (Å²) >= 11 is 0. The number of hydrogen-bond donors (Lipinski definition) is 2. The number of guanidine groups is 1. The van der Waals surface area contributed by atoms with Gasteiger partial charge in [-0.3, -0.25) is 9.79 Å². The Labute approximate surface area is 194 Å². The molecule has 0 bridgehead atoms. The van der Waals surface area contributed by atoms with Crippen molar-refractivity contribution in [3.8, 4) is 0 Å². The van der Waals surface area contributed by atoms with E-state index in [-0.39, 0.29) is 35.7 Å². The fraction of sp³-hybridized carbons (Fsp3) is 0.364. The minimum absolute atomic E-state index is 0. The van der Waals surface area contributed by atoms with Gasteiger partial charge < -0.3 is 20.4 Å². The molecule has 2 aromatic rings. The molecular formula is C22H29FIN5O. The van der Waals surface area contributed by atoms with Crippen LogP contribution in [0.3, 0.4) is 0 Å². The second-order valence-corrected chi connectivity index (χ2v) is 6.87. The lowest BCUT2D eigenvalue weighted by Crippen LogP contribution is -2.53. The Morgan fingerprint density at radius 2 is 1.60 bits per heavy atom. The largest absolute Gasteiger partial charge is 0.366 e. The molecule has 3 rings (SSSR count). The fourth-order valence-corrected chi connectivity index (χ4v) is 3.38. The second-order valence-electron chi connectivity index (χ2n) is 6.87. The van der Waals surface area contributed by atoms with Crippen LogP contribution in [0.25, 0.3) is 0 Å². The van der Waals surface area contributed by atoms with Gasteiger partial charge in [0.2, 0.25) is 0 Å². The highest BCUT2D eigenvalue weighted by atomic mass is 127. The first-order valence-electron chi connectivity index (χ1n) is 9.97. The average Bonchev–Trinajstić information content (AvgIpc) is 2.77. The summed E-state index contributed by atoms with van der Waals surface area (Å²) in [4.78, 5) is 20.6. The van der Waals surface area contributed by atoms with E-state index in [2.05, 4.69) is 25.4 Å². The molecule has 1 heterocycles. The van der Waals surface area contributed by atoms with E-state index >= 15 is 0 Å². The summed E-state index contributed by atoms with van der Waals surface area (Å²) in [6, 6.07) is 16.1. The fourth-order valence-electron chi connectivity index (χ4n) is 3.38. The van der Waals surface area contributed by atoms with Crippen LogP contribution in [-0.4, -0.2) is 63.1 Å². The van der Waals surface area contributed by atoms with Crippen molar-refractivity contribution < 1.29 is 9.18 Å². The average molecular weight is 525 g/mol. The zero-order valence-electron chi connectivity index (χ0n) is 17.2.